The quantitative estimate of drug-likeness (QED) is 0.792. The lowest BCUT2D eigenvalue weighted by Gasteiger charge is -2.32. The average Bonchev–Trinajstić information content (AvgIpc) is 2.28. The molecular formula is C12H24N2OS. The van der Waals surface area contributed by atoms with Crippen molar-refractivity contribution in [1.29, 1.82) is 0 Å². The monoisotopic (exact) mass is 244 g/mol. The standard InChI is InChI=1S/C12H24N2OS/c1-8(2)11(13)12(15)14-9-6-4-5-7-10(9)16-3/h8-11H,4-7,13H2,1-3H3,(H,14,15). The second-order valence-electron chi connectivity index (χ2n) is 4.94. The molecule has 1 rings (SSSR count). The summed E-state index contributed by atoms with van der Waals surface area (Å²) in [5, 5.41) is 3.68. The molecule has 16 heavy (non-hydrogen) atoms. The molecule has 0 aromatic carbocycles. The van der Waals surface area contributed by atoms with E-state index in [-0.39, 0.29) is 17.9 Å². The van der Waals surface area contributed by atoms with Crippen molar-refractivity contribution in [3.05, 3.63) is 0 Å². The van der Waals surface area contributed by atoms with E-state index >= 15 is 0 Å². The smallest absolute Gasteiger partial charge is 0.237 e. The number of hydrogen-bond donors (Lipinski definition) is 2. The molecule has 1 fully saturated rings. The summed E-state index contributed by atoms with van der Waals surface area (Å²) in [4.78, 5) is 11.9. The maximum absolute atomic E-state index is 11.9. The predicted molar refractivity (Wildman–Crippen MR) is 70.5 cm³/mol. The Labute approximate surface area is 103 Å². The maximum Gasteiger partial charge on any atom is 0.237 e. The van der Waals surface area contributed by atoms with Crippen LogP contribution in [-0.4, -0.2) is 29.5 Å². The second-order valence-corrected chi connectivity index (χ2v) is 6.02. The van der Waals surface area contributed by atoms with Crippen molar-refractivity contribution < 1.29 is 4.79 Å². The molecule has 0 radical (unpaired) electrons. The number of carbonyl (C=O) groups is 1. The Morgan fingerprint density at radius 1 is 1.38 bits per heavy atom. The zero-order valence-electron chi connectivity index (χ0n) is 10.5. The first-order valence-corrected chi connectivity index (χ1v) is 7.43. The van der Waals surface area contributed by atoms with Crippen LogP contribution in [0.5, 0.6) is 0 Å². The highest BCUT2D eigenvalue weighted by Crippen LogP contribution is 2.27. The second kappa shape index (κ2) is 6.50. The van der Waals surface area contributed by atoms with Gasteiger partial charge in [0, 0.05) is 11.3 Å². The Morgan fingerprint density at radius 3 is 2.56 bits per heavy atom. The fraction of sp³-hybridized carbons (Fsp3) is 0.917. The highest BCUT2D eigenvalue weighted by molar-refractivity contribution is 7.99. The van der Waals surface area contributed by atoms with Gasteiger partial charge < -0.3 is 11.1 Å². The molecule has 94 valence electrons. The minimum atomic E-state index is -0.371. The van der Waals surface area contributed by atoms with Gasteiger partial charge in [-0.1, -0.05) is 26.7 Å². The minimum absolute atomic E-state index is 0.0148. The highest BCUT2D eigenvalue weighted by atomic mass is 32.2. The fourth-order valence-corrected chi connectivity index (χ4v) is 3.06. The fourth-order valence-electron chi connectivity index (χ4n) is 2.13. The molecule has 1 saturated carbocycles. The van der Waals surface area contributed by atoms with Gasteiger partial charge in [-0.2, -0.15) is 11.8 Å². The van der Waals surface area contributed by atoms with Crippen LogP contribution < -0.4 is 11.1 Å². The van der Waals surface area contributed by atoms with Gasteiger partial charge in [0.25, 0.3) is 0 Å². The summed E-state index contributed by atoms with van der Waals surface area (Å²) >= 11 is 1.86. The van der Waals surface area contributed by atoms with Gasteiger partial charge in [-0.15, -0.1) is 0 Å². The summed E-state index contributed by atoms with van der Waals surface area (Å²) in [5.41, 5.74) is 5.85. The summed E-state index contributed by atoms with van der Waals surface area (Å²) in [6.45, 7) is 3.97. The first-order valence-electron chi connectivity index (χ1n) is 6.15. The van der Waals surface area contributed by atoms with Crippen LogP contribution in [-0.2, 0) is 4.79 Å². The Hall–Kier alpha value is -0.220. The lowest BCUT2D eigenvalue weighted by molar-refractivity contribution is -0.124. The van der Waals surface area contributed by atoms with Crippen molar-refractivity contribution in [2.45, 2.75) is 56.9 Å². The summed E-state index contributed by atoms with van der Waals surface area (Å²) in [5.74, 6) is 0.220. The van der Waals surface area contributed by atoms with E-state index < -0.39 is 0 Å². The molecule has 3 atom stereocenters. The minimum Gasteiger partial charge on any atom is -0.351 e. The van der Waals surface area contributed by atoms with Crippen LogP contribution in [0.15, 0.2) is 0 Å². The number of hydrogen-bond acceptors (Lipinski definition) is 3. The molecule has 0 spiro atoms. The molecule has 0 heterocycles. The molecule has 4 heteroatoms. The zero-order valence-corrected chi connectivity index (χ0v) is 11.3. The lowest BCUT2D eigenvalue weighted by Crippen LogP contribution is -2.51. The van der Waals surface area contributed by atoms with E-state index in [0.717, 1.165) is 6.42 Å². The van der Waals surface area contributed by atoms with E-state index in [1.54, 1.807) is 0 Å². The third kappa shape index (κ3) is 3.67. The molecule has 3 unspecified atom stereocenters. The molecular weight excluding hydrogens is 220 g/mol. The Morgan fingerprint density at radius 2 is 2.00 bits per heavy atom. The molecule has 1 aliphatic rings. The van der Waals surface area contributed by atoms with Crippen molar-refractivity contribution in [2.24, 2.45) is 11.7 Å². The molecule has 0 aromatic heterocycles. The molecule has 3 N–H and O–H groups in total. The van der Waals surface area contributed by atoms with Gasteiger partial charge in [0.05, 0.1) is 6.04 Å². The summed E-state index contributed by atoms with van der Waals surface area (Å²) in [6, 6.07) is -0.0505. The number of rotatable bonds is 4. The largest absolute Gasteiger partial charge is 0.351 e. The van der Waals surface area contributed by atoms with Crippen LogP contribution in [0, 0.1) is 5.92 Å². The Bertz CT molecular complexity index is 233. The van der Waals surface area contributed by atoms with Gasteiger partial charge in [0.15, 0.2) is 0 Å². The van der Waals surface area contributed by atoms with Gasteiger partial charge in [-0.25, -0.2) is 0 Å². The van der Waals surface area contributed by atoms with Crippen LogP contribution in [0.3, 0.4) is 0 Å². The van der Waals surface area contributed by atoms with Gasteiger partial charge in [-0.3, -0.25) is 4.79 Å². The van der Waals surface area contributed by atoms with Gasteiger partial charge >= 0.3 is 0 Å². The highest BCUT2D eigenvalue weighted by Gasteiger charge is 2.27. The van der Waals surface area contributed by atoms with Crippen LogP contribution in [0.2, 0.25) is 0 Å². The molecule has 0 saturated heterocycles. The topological polar surface area (TPSA) is 55.1 Å². The van der Waals surface area contributed by atoms with E-state index in [9.17, 15) is 4.79 Å². The number of nitrogens with two attached hydrogens (primary N) is 1. The van der Waals surface area contributed by atoms with Crippen LogP contribution in [0.1, 0.15) is 39.5 Å². The number of thioether (sulfide) groups is 1. The van der Waals surface area contributed by atoms with Gasteiger partial charge in [0.2, 0.25) is 5.91 Å². The maximum atomic E-state index is 11.9. The van der Waals surface area contributed by atoms with Gasteiger partial charge in [-0.05, 0) is 25.0 Å². The average molecular weight is 244 g/mol. The van der Waals surface area contributed by atoms with E-state index in [4.69, 9.17) is 5.73 Å². The first-order chi connectivity index (χ1) is 7.56. The summed E-state index contributed by atoms with van der Waals surface area (Å²) in [7, 11) is 0. The van der Waals surface area contributed by atoms with Crippen LogP contribution in [0.4, 0.5) is 0 Å². The summed E-state index contributed by atoms with van der Waals surface area (Å²) < 4.78 is 0. The molecule has 3 nitrogen and oxygen atoms in total. The lowest BCUT2D eigenvalue weighted by atomic mass is 9.94. The van der Waals surface area contributed by atoms with Gasteiger partial charge in [0.1, 0.15) is 0 Å². The normalized spacial score (nSPS) is 27.8. The van der Waals surface area contributed by atoms with E-state index in [2.05, 4.69) is 11.6 Å². The summed E-state index contributed by atoms with van der Waals surface area (Å²) in [6.07, 6.45) is 6.94. The zero-order chi connectivity index (χ0) is 12.1. The SMILES string of the molecule is CSC1CCCCC1NC(=O)C(N)C(C)C. The first kappa shape index (κ1) is 13.8. The molecule has 1 aliphatic carbocycles. The van der Waals surface area contributed by atoms with E-state index in [0.29, 0.717) is 11.3 Å². The molecule has 1 amide bonds. The van der Waals surface area contributed by atoms with Crippen molar-refractivity contribution in [2.75, 3.05) is 6.26 Å². The van der Waals surface area contributed by atoms with Crippen LogP contribution in [0.25, 0.3) is 0 Å². The molecule has 0 bridgehead atoms. The van der Waals surface area contributed by atoms with Crippen molar-refractivity contribution in [1.82, 2.24) is 5.32 Å². The Kier molecular flexibility index (Phi) is 5.62. The third-order valence-electron chi connectivity index (χ3n) is 3.35. The number of nitrogens with one attached hydrogen (secondary N) is 1. The van der Waals surface area contributed by atoms with E-state index in [1.165, 1.54) is 19.3 Å². The number of amides is 1. The Balaban J connectivity index is 2.48. The number of carbonyl (C=O) groups excluding carboxylic acids is 1. The predicted octanol–water partition coefficient (Wildman–Crippen LogP) is 1.76. The van der Waals surface area contributed by atoms with Crippen molar-refractivity contribution in [3.63, 3.8) is 0 Å². The van der Waals surface area contributed by atoms with Crippen LogP contribution >= 0.6 is 11.8 Å². The van der Waals surface area contributed by atoms with Crippen molar-refractivity contribution in [3.8, 4) is 0 Å². The molecule has 0 aliphatic heterocycles. The van der Waals surface area contributed by atoms with Crippen molar-refractivity contribution >= 4 is 17.7 Å². The third-order valence-corrected chi connectivity index (χ3v) is 4.52. The van der Waals surface area contributed by atoms with E-state index in [1.807, 2.05) is 25.6 Å². The molecule has 0 aromatic rings.